The van der Waals surface area contributed by atoms with E-state index in [1.165, 1.54) is 4.90 Å². The first kappa shape index (κ1) is 22.5. The van der Waals surface area contributed by atoms with Crippen LogP contribution in [0.15, 0.2) is 54.6 Å². The summed E-state index contributed by atoms with van der Waals surface area (Å²) in [7, 11) is 0. The number of amides is 3. The van der Waals surface area contributed by atoms with Gasteiger partial charge in [0, 0.05) is 18.7 Å². The van der Waals surface area contributed by atoms with Gasteiger partial charge in [-0.3, -0.25) is 24.1 Å². The Morgan fingerprint density at radius 1 is 0.892 bits per heavy atom. The van der Waals surface area contributed by atoms with E-state index in [0.717, 1.165) is 23.2 Å². The molecule has 0 aromatic heterocycles. The molecule has 7 nitrogen and oxygen atoms in total. The van der Waals surface area contributed by atoms with Crippen molar-refractivity contribution in [2.24, 2.45) is 41.4 Å². The van der Waals surface area contributed by atoms with E-state index in [1.54, 1.807) is 29.2 Å². The number of carbonyl (C=O) groups excluding carboxylic acids is 4. The topological polar surface area (TPSA) is 84.0 Å². The van der Waals surface area contributed by atoms with Gasteiger partial charge in [0.2, 0.25) is 17.7 Å². The maximum absolute atomic E-state index is 13.3. The van der Waals surface area contributed by atoms with E-state index in [9.17, 15) is 19.2 Å². The Hall–Kier alpha value is -3.74. The molecule has 3 amide bonds. The van der Waals surface area contributed by atoms with Crippen LogP contribution in [0.3, 0.4) is 0 Å². The van der Waals surface area contributed by atoms with Gasteiger partial charge in [-0.25, -0.2) is 0 Å². The van der Waals surface area contributed by atoms with Crippen LogP contribution in [0.25, 0.3) is 0 Å². The second-order valence-corrected chi connectivity index (χ2v) is 11.2. The normalized spacial score (nSPS) is 33.1. The van der Waals surface area contributed by atoms with Crippen molar-refractivity contribution in [3.8, 4) is 5.75 Å². The summed E-state index contributed by atoms with van der Waals surface area (Å²) in [6.07, 6.45) is 5.55. The van der Waals surface area contributed by atoms with Gasteiger partial charge in [-0.15, -0.1) is 0 Å². The number of esters is 1. The van der Waals surface area contributed by atoms with Crippen molar-refractivity contribution in [2.45, 2.75) is 26.7 Å². The SMILES string of the molecule is Cc1cccc(N2C[C@H](C(=O)Oc3ccc(N4C(=O)[C@@H]5[C@H]6C=C[C@@H]([C@@H]7C[C@H]67)[C@H]5C4=O)cc3)CC2=O)c1C. The zero-order chi connectivity index (χ0) is 25.6. The average molecular weight is 497 g/mol. The highest BCUT2D eigenvalue weighted by molar-refractivity contribution is 6.22. The molecule has 188 valence electrons. The third kappa shape index (κ3) is 3.26. The molecule has 6 aliphatic rings. The fourth-order valence-electron chi connectivity index (χ4n) is 7.20. The largest absolute Gasteiger partial charge is 0.426 e. The third-order valence-corrected chi connectivity index (χ3v) is 9.30. The van der Waals surface area contributed by atoms with Crippen LogP contribution in [0.5, 0.6) is 5.75 Å². The van der Waals surface area contributed by atoms with Crippen molar-refractivity contribution < 1.29 is 23.9 Å². The predicted octanol–water partition coefficient (Wildman–Crippen LogP) is 3.82. The van der Waals surface area contributed by atoms with E-state index in [0.29, 0.717) is 23.3 Å². The van der Waals surface area contributed by atoms with Gasteiger partial charge in [0.15, 0.2) is 0 Å². The molecule has 0 unspecified atom stereocenters. The number of rotatable bonds is 4. The first-order chi connectivity index (χ1) is 17.8. The molecule has 2 saturated carbocycles. The molecule has 4 aliphatic carbocycles. The Bertz CT molecular complexity index is 1360. The zero-order valence-electron chi connectivity index (χ0n) is 20.8. The highest BCUT2D eigenvalue weighted by atomic mass is 16.5. The minimum Gasteiger partial charge on any atom is -0.426 e. The molecular formula is C30H28N2O5. The molecule has 0 radical (unpaired) electrons. The standard InChI is InChI=1S/C30H28N2O5/c1-15-4-3-5-24(16(15)2)31-14-17(12-25(31)33)30(36)37-19-8-6-18(7-9-19)32-28(34)26-20-10-11-21(23-13-22(20)23)27(26)29(32)35/h3-11,17,20-23,26-27H,12-14H2,1-2H3/t17-,20+,21+,22-,23+,26-,27-/m1/s1. The summed E-state index contributed by atoms with van der Waals surface area (Å²) in [5.74, 6) is -0.0380. The van der Waals surface area contributed by atoms with E-state index in [1.807, 2.05) is 32.0 Å². The van der Waals surface area contributed by atoms with Crippen LogP contribution in [-0.4, -0.2) is 30.2 Å². The number of carbonyl (C=O) groups is 4. The third-order valence-electron chi connectivity index (χ3n) is 9.30. The van der Waals surface area contributed by atoms with Gasteiger partial charge in [-0.2, -0.15) is 0 Å². The lowest BCUT2D eigenvalue weighted by molar-refractivity contribution is -0.139. The number of nitrogens with zero attached hydrogens (tertiary/aromatic N) is 2. The number of anilines is 2. The van der Waals surface area contributed by atoms with Gasteiger partial charge >= 0.3 is 5.97 Å². The highest BCUT2D eigenvalue weighted by Crippen LogP contribution is 2.65. The molecule has 7 heteroatoms. The van der Waals surface area contributed by atoms with E-state index < -0.39 is 11.9 Å². The van der Waals surface area contributed by atoms with Crippen LogP contribution >= 0.6 is 0 Å². The second-order valence-electron chi connectivity index (χ2n) is 11.2. The molecule has 2 saturated heterocycles. The Balaban J connectivity index is 1.04. The van der Waals surface area contributed by atoms with Crippen LogP contribution in [0.2, 0.25) is 0 Å². The van der Waals surface area contributed by atoms with E-state index in [4.69, 9.17) is 4.74 Å². The molecule has 2 aliphatic heterocycles. The van der Waals surface area contributed by atoms with Gasteiger partial charge in [0.25, 0.3) is 0 Å². The molecule has 2 bridgehead atoms. The summed E-state index contributed by atoms with van der Waals surface area (Å²) in [5, 5.41) is 0. The lowest BCUT2D eigenvalue weighted by atomic mass is 9.63. The molecule has 4 fully saturated rings. The molecule has 2 heterocycles. The summed E-state index contributed by atoms with van der Waals surface area (Å²) >= 11 is 0. The lowest BCUT2D eigenvalue weighted by Crippen LogP contribution is -2.40. The van der Waals surface area contributed by atoms with Crippen LogP contribution in [0.1, 0.15) is 24.0 Å². The molecule has 7 atom stereocenters. The fraction of sp³-hybridized carbons (Fsp3) is 0.400. The summed E-state index contributed by atoms with van der Waals surface area (Å²) < 4.78 is 5.60. The molecule has 8 rings (SSSR count). The van der Waals surface area contributed by atoms with E-state index in [2.05, 4.69) is 12.2 Å². The predicted molar refractivity (Wildman–Crippen MR) is 136 cm³/mol. The highest BCUT2D eigenvalue weighted by Gasteiger charge is 2.67. The molecule has 0 spiro atoms. The van der Waals surface area contributed by atoms with Gasteiger partial charge in [0.1, 0.15) is 5.75 Å². The first-order valence-electron chi connectivity index (χ1n) is 13.1. The molecule has 37 heavy (non-hydrogen) atoms. The van der Waals surface area contributed by atoms with Gasteiger partial charge < -0.3 is 9.64 Å². The Morgan fingerprint density at radius 3 is 2.19 bits per heavy atom. The smallest absolute Gasteiger partial charge is 0.316 e. The first-order valence-corrected chi connectivity index (χ1v) is 13.1. The number of aryl methyl sites for hydroxylation is 1. The lowest BCUT2D eigenvalue weighted by Gasteiger charge is -2.37. The van der Waals surface area contributed by atoms with E-state index >= 15 is 0 Å². The Labute approximate surface area is 215 Å². The van der Waals surface area contributed by atoms with Crippen molar-refractivity contribution in [1.29, 1.82) is 0 Å². The summed E-state index contributed by atoms with van der Waals surface area (Å²) in [6.45, 7) is 4.24. The van der Waals surface area contributed by atoms with Gasteiger partial charge in [-0.05, 0) is 85.4 Å². The summed E-state index contributed by atoms with van der Waals surface area (Å²) in [4.78, 5) is 55.2. The number of benzene rings is 2. The quantitative estimate of drug-likeness (QED) is 0.278. The van der Waals surface area contributed by atoms with Crippen molar-refractivity contribution in [2.75, 3.05) is 16.3 Å². The molecule has 2 aromatic carbocycles. The van der Waals surface area contributed by atoms with Gasteiger partial charge in [-0.1, -0.05) is 24.3 Å². The van der Waals surface area contributed by atoms with Crippen molar-refractivity contribution in [3.05, 3.63) is 65.7 Å². The average Bonchev–Trinajstić information content (AvgIpc) is 3.57. The number of hydrogen-bond acceptors (Lipinski definition) is 5. The van der Waals surface area contributed by atoms with Crippen LogP contribution < -0.4 is 14.5 Å². The fourth-order valence-corrected chi connectivity index (χ4v) is 7.20. The van der Waals surface area contributed by atoms with Crippen LogP contribution in [0.4, 0.5) is 11.4 Å². The van der Waals surface area contributed by atoms with Crippen molar-refractivity contribution in [3.63, 3.8) is 0 Å². The van der Waals surface area contributed by atoms with Crippen molar-refractivity contribution in [1.82, 2.24) is 0 Å². The number of imide groups is 1. The minimum atomic E-state index is -0.564. The molecule has 0 N–H and O–H groups in total. The summed E-state index contributed by atoms with van der Waals surface area (Å²) in [5.41, 5.74) is 3.44. The number of ether oxygens (including phenoxy) is 1. The van der Waals surface area contributed by atoms with Crippen LogP contribution in [-0.2, 0) is 19.2 Å². The Morgan fingerprint density at radius 2 is 1.54 bits per heavy atom. The molecule has 2 aromatic rings. The van der Waals surface area contributed by atoms with Crippen LogP contribution in [0, 0.1) is 55.3 Å². The monoisotopic (exact) mass is 496 g/mol. The van der Waals surface area contributed by atoms with Gasteiger partial charge in [0.05, 0.1) is 23.4 Å². The number of allylic oxidation sites excluding steroid dienone is 2. The maximum Gasteiger partial charge on any atom is 0.316 e. The second kappa shape index (κ2) is 7.88. The molecular weight excluding hydrogens is 468 g/mol. The van der Waals surface area contributed by atoms with Crippen molar-refractivity contribution >= 4 is 35.1 Å². The number of hydrogen-bond donors (Lipinski definition) is 0. The summed E-state index contributed by atoms with van der Waals surface area (Å²) in [6, 6.07) is 12.3. The zero-order valence-corrected chi connectivity index (χ0v) is 20.8. The van der Waals surface area contributed by atoms with E-state index in [-0.39, 0.29) is 54.4 Å². The minimum absolute atomic E-state index is 0.0976. The Kier molecular flexibility index (Phi) is 4.78. The maximum atomic E-state index is 13.3.